The number of carboxylic acids is 1. The first-order chi connectivity index (χ1) is 20.2. The molecular formula is C34H62O8. The smallest absolute Gasteiger partial charge is 0.339 e. The van der Waals surface area contributed by atoms with Gasteiger partial charge in [-0.05, 0) is 12.8 Å². The fourth-order valence-corrected chi connectivity index (χ4v) is 5.09. The Bertz CT molecular complexity index is 708. The lowest BCUT2D eigenvalue weighted by Gasteiger charge is -2.23. The second kappa shape index (κ2) is 27.8. The van der Waals surface area contributed by atoms with Crippen LogP contribution in [0, 0.1) is 0 Å². The van der Waals surface area contributed by atoms with Gasteiger partial charge in [-0.25, -0.2) is 4.79 Å². The molecule has 42 heavy (non-hydrogen) atoms. The van der Waals surface area contributed by atoms with Crippen molar-refractivity contribution in [1.29, 1.82) is 0 Å². The first-order valence-corrected chi connectivity index (χ1v) is 17.1. The van der Waals surface area contributed by atoms with E-state index in [1.54, 1.807) is 0 Å². The van der Waals surface area contributed by atoms with E-state index in [0.717, 1.165) is 32.1 Å². The first kappa shape index (κ1) is 40.0. The van der Waals surface area contributed by atoms with Gasteiger partial charge in [-0.3, -0.25) is 14.4 Å². The molecule has 0 radical (unpaired) electrons. The van der Waals surface area contributed by atoms with Crippen molar-refractivity contribution < 1.29 is 38.9 Å². The summed E-state index contributed by atoms with van der Waals surface area (Å²) in [5, 5.41) is 19.6. The molecule has 0 aromatic heterocycles. The summed E-state index contributed by atoms with van der Waals surface area (Å²) >= 11 is 0. The number of esters is 3. The maximum absolute atomic E-state index is 12.4. The molecule has 8 nitrogen and oxygen atoms in total. The molecule has 1 atom stereocenters. The Morgan fingerprint density at radius 3 is 1.31 bits per heavy atom. The Labute approximate surface area is 255 Å². The third-order valence-corrected chi connectivity index (χ3v) is 7.70. The number of hydrogen-bond acceptors (Lipinski definition) is 7. The average Bonchev–Trinajstić information content (AvgIpc) is 2.93. The van der Waals surface area contributed by atoms with Crippen LogP contribution in [-0.2, 0) is 28.7 Å². The minimum Gasteiger partial charge on any atom is -0.481 e. The fraction of sp³-hybridized carbons (Fsp3) is 0.882. The van der Waals surface area contributed by atoms with E-state index in [4.69, 9.17) is 9.84 Å². The number of unbranched alkanes of at least 4 members (excludes halogenated alkanes) is 21. The van der Waals surface area contributed by atoms with Gasteiger partial charge >= 0.3 is 23.9 Å². The molecule has 0 amide bonds. The van der Waals surface area contributed by atoms with E-state index >= 15 is 0 Å². The number of ether oxygens (including phenoxy) is 2. The highest BCUT2D eigenvalue weighted by Crippen LogP contribution is 2.20. The van der Waals surface area contributed by atoms with E-state index in [2.05, 4.69) is 11.7 Å². The molecule has 2 N–H and O–H groups in total. The number of carboxylic acid groups (broad SMARTS) is 1. The van der Waals surface area contributed by atoms with Gasteiger partial charge < -0.3 is 19.7 Å². The van der Waals surface area contributed by atoms with Crippen LogP contribution in [0.1, 0.15) is 181 Å². The summed E-state index contributed by atoms with van der Waals surface area (Å²) in [6.07, 6.45) is 25.6. The monoisotopic (exact) mass is 598 g/mol. The molecule has 0 aromatic carbocycles. The normalized spacial score (nSPS) is 12.5. The molecule has 1 unspecified atom stereocenters. The third-order valence-electron chi connectivity index (χ3n) is 7.70. The number of carbonyl (C=O) groups is 4. The Kier molecular flexibility index (Phi) is 26.5. The molecule has 0 fully saturated rings. The molecule has 246 valence electrons. The predicted molar refractivity (Wildman–Crippen MR) is 166 cm³/mol. The van der Waals surface area contributed by atoms with Gasteiger partial charge in [0.25, 0.3) is 0 Å². The second-order valence-corrected chi connectivity index (χ2v) is 11.9. The van der Waals surface area contributed by atoms with Gasteiger partial charge in [-0.15, -0.1) is 0 Å². The van der Waals surface area contributed by atoms with Gasteiger partial charge in [0.05, 0.1) is 19.4 Å². The lowest BCUT2D eigenvalue weighted by atomic mass is 9.95. The molecule has 0 aromatic rings. The summed E-state index contributed by atoms with van der Waals surface area (Å²) in [6, 6.07) is 0. The van der Waals surface area contributed by atoms with Crippen LogP contribution < -0.4 is 0 Å². The maximum atomic E-state index is 12.4. The van der Waals surface area contributed by atoms with Crippen molar-refractivity contribution in [3.63, 3.8) is 0 Å². The van der Waals surface area contributed by atoms with Crippen molar-refractivity contribution in [2.45, 2.75) is 186 Å². The van der Waals surface area contributed by atoms with Gasteiger partial charge in [0.1, 0.15) is 0 Å². The summed E-state index contributed by atoms with van der Waals surface area (Å²) in [5.74, 6) is -4.55. The summed E-state index contributed by atoms with van der Waals surface area (Å²) < 4.78 is 9.72. The number of aliphatic hydroxyl groups is 1. The Morgan fingerprint density at radius 2 is 0.905 bits per heavy atom. The van der Waals surface area contributed by atoms with E-state index in [1.807, 2.05) is 6.92 Å². The van der Waals surface area contributed by atoms with Crippen molar-refractivity contribution in [3.05, 3.63) is 0 Å². The Balaban J connectivity index is 3.81. The van der Waals surface area contributed by atoms with Gasteiger partial charge in [-0.2, -0.15) is 0 Å². The summed E-state index contributed by atoms with van der Waals surface area (Å²) in [5.41, 5.74) is -2.57. The van der Waals surface area contributed by atoms with Crippen LogP contribution in [0.5, 0.6) is 0 Å². The van der Waals surface area contributed by atoms with Gasteiger partial charge in [-0.1, -0.05) is 149 Å². The zero-order valence-electron chi connectivity index (χ0n) is 26.9. The molecule has 0 aliphatic rings. The molecule has 0 bridgehead atoms. The fourth-order valence-electron chi connectivity index (χ4n) is 5.09. The third kappa shape index (κ3) is 24.6. The van der Waals surface area contributed by atoms with Crippen LogP contribution in [0.3, 0.4) is 0 Å². The summed E-state index contributed by atoms with van der Waals surface area (Å²) in [4.78, 5) is 47.4. The quantitative estimate of drug-likeness (QED) is 0.0478. The van der Waals surface area contributed by atoms with E-state index in [0.29, 0.717) is 12.8 Å². The summed E-state index contributed by atoms with van der Waals surface area (Å²) in [7, 11) is 0. The minimum atomic E-state index is -2.57. The van der Waals surface area contributed by atoms with E-state index in [9.17, 15) is 24.3 Å². The van der Waals surface area contributed by atoms with Gasteiger partial charge in [0.2, 0.25) is 0 Å². The molecule has 0 spiro atoms. The Hall–Kier alpha value is -1.96. The van der Waals surface area contributed by atoms with Crippen LogP contribution in [0.15, 0.2) is 0 Å². The first-order valence-electron chi connectivity index (χ1n) is 17.1. The predicted octanol–water partition coefficient (Wildman–Crippen LogP) is 8.60. The molecule has 0 heterocycles. The average molecular weight is 599 g/mol. The van der Waals surface area contributed by atoms with Crippen LogP contribution in [-0.4, -0.2) is 46.3 Å². The Morgan fingerprint density at radius 1 is 0.524 bits per heavy atom. The molecule has 0 aliphatic carbocycles. The molecular weight excluding hydrogens is 536 g/mol. The van der Waals surface area contributed by atoms with E-state index in [1.165, 1.54) is 103 Å². The number of aliphatic carboxylic acids is 1. The minimum absolute atomic E-state index is 0.0325. The lowest BCUT2D eigenvalue weighted by Crippen LogP contribution is -2.44. The zero-order valence-corrected chi connectivity index (χ0v) is 26.9. The summed E-state index contributed by atoms with van der Waals surface area (Å²) in [6.45, 7) is 4.27. The van der Waals surface area contributed by atoms with Crippen molar-refractivity contribution in [2.75, 3.05) is 6.61 Å². The molecule has 8 heteroatoms. The zero-order chi connectivity index (χ0) is 31.3. The molecule has 0 rings (SSSR count). The molecule has 0 saturated carbocycles. The maximum Gasteiger partial charge on any atom is 0.339 e. The highest BCUT2D eigenvalue weighted by Gasteiger charge is 2.43. The second-order valence-electron chi connectivity index (χ2n) is 11.9. The SMILES string of the molecule is CCCCCCCCCCCCCCCCCCCCCCOC(=O)C(O)(CC(=O)O)CC(=O)OC(=O)CCCCC. The van der Waals surface area contributed by atoms with Crippen molar-refractivity contribution in [2.24, 2.45) is 0 Å². The standard InChI is InChI=1S/C34H62O8/c1-3-5-7-8-9-10-11-12-13-14-15-16-17-18-19-20-21-22-23-25-27-41-33(39)34(40,28-30(35)36)29-32(38)42-31(37)26-24-6-4-2/h40H,3-29H2,1-2H3,(H,35,36). The topological polar surface area (TPSA) is 127 Å². The van der Waals surface area contributed by atoms with E-state index < -0.39 is 42.3 Å². The number of hydrogen-bond donors (Lipinski definition) is 2. The van der Waals surface area contributed by atoms with Crippen molar-refractivity contribution in [1.82, 2.24) is 0 Å². The van der Waals surface area contributed by atoms with Crippen LogP contribution in [0.25, 0.3) is 0 Å². The van der Waals surface area contributed by atoms with Crippen molar-refractivity contribution >= 4 is 23.9 Å². The van der Waals surface area contributed by atoms with Crippen molar-refractivity contribution in [3.8, 4) is 0 Å². The largest absolute Gasteiger partial charge is 0.481 e. The van der Waals surface area contributed by atoms with E-state index in [-0.39, 0.29) is 13.0 Å². The highest BCUT2D eigenvalue weighted by atomic mass is 16.6. The number of rotatable bonds is 30. The molecule has 0 aliphatic heterocycles. The molecule has 0 saturated heterocycles. The highest BCUT2D eigenvalue weighted by molar-refractivity contribution is 5.92. The van der Waals surface area contributed by atoms with Crippen LogP contribution in [0.4, 0.5) is 0 Å². The van der Waals surface area contributed by atoms with Gasteiger partial charge in [0.15, 0.2) is 5.60 Å². The van der Waals surface area contributed by atoms with Gasteiger partial charge in [0, 0.05) is 6.42 Å². The lowest BCUT2D eigenvalue weighted by molar-refractivity contribution is -0.178. The van der Waals surface area contributed by atoms with Crippen LogP contribution in [0.2, 0.25) is 0 Å². The number of carbonyl (C=O) groups excluding carboxylic acids is 3. The van der Waals surface area contributed by atoms with Crippen LogP contribution >= 0.6 is 0 Å².